The number of carbonyl (C=O) groups excluding carboxylic acids is 2. The van der Waals surface area contributed by atoms with Crippen LogP contribution >= 0.6 is 0 Å². The summed E-state index contributed by atoms with van der Waals surface area (Å²) in [5.41, 5.74) is -3.27. The van der Waals surface area contributed by atoms with Crippen LogP contribution in [0.25, 0.3) is 0 Å². The summed E-state index contributed by atoms with van der Waals surface area (Å²) in [7, 11) is 0.367. The van der Waals surface area contributed by atoms with Gasteiger partial charge in [0, 0.05) is 5.46 Å². The zero-order chi connectivity index (χ0) is 27.9. The topological polar surface area (TPSA) is 127 Å². The highest BCUT2D eigenvalue weighted by Gasteiger charge is 2.53. The Kier molecular flexibility index (Phi) is 8.07. The number of nitro groups is 1. The molecule has 1 saturated heterocycles. The second-order valence-corrected chi connectivity index (χ2v) is 11.6. The molecule has 36 heavy (non-hydrogen) atoms. The first kappa shape index (κ1) is 29.4. The SMILES string of the molecule is COc1c(B2OC(C)(C)C(C)(C)O2)ccc(CN(C(=O)OC(C)(C)C)C(=O)OC(C)(C)C)c1[N+](=O)[O-]. The number of nitro benzene ring substituents is 1. The van der Waals surface area contributed by atoms with E-state index in [2.05, 4.69) is 0 Å². The van der Waals surface area contributed by atoms with Crippen LogP contribution in [0.3, 0.4) is 0 Å². The molecule has 12 heteroatoms. The van der Waals surface area contributed by atoms with Crippen molar-refractivity contribution in [1.29, 1.82) is 0 Å². The van der Waals surface area contributed by atoms with Crippen LogP contribution in [0, 0.1) is 10.1 Å². The van der Waals surface area contributed by atoms with Crippen LogP contribution in [0.2, 0.25) is 0 Å². The fourth-order valence-corrected chi connectivity index (χ4v) is 3.33. The maximum atomic E-state index is 12.9. The molecule has 0 N–H and O–H groups in total. The maximum Gasteiger partial charge on any atom is 0.498 e. The molecule has 1 aliphatic heterocycles. The quantitative estimate of drug-likeness (QED) is 0.319. The Balaban J connectivity index is 2.56. The number of rotatable bonds is 5. The molecule has 0 spiro atoms. The number of hydrogen-bond donors (Lipinski definition) is 0. The van der Waals surface area contributed by atoms with Crippen molar-refractivity contribution < 1.29 is 38.0 Å². The standard InChI is InChI=1S/C24H37BN2O9/c1-21(2,3)33-19(28)26(20(29)34-22(4,5)6)14-15-12-13-16(18(32-11)17(15)27(30)31)25-35-23(7,8)24(9,10)36-25/h12-13H,14H2,1-11H3. The Morgan fingerprint density at radius 2 is 1.42 bits per heavy atom. The number of carbonyl (C=O) groups is 2. The summed E-state index contributed by atoms with van der Waals surface area (Å²) in [6.07, 6.45) is -2.00. The van der Waals surface area contributed by atoms with E-state index in [1.807, 2.05) is 27.7 Å². The first-order valence-electron chi connectivity index (χ1n) is 11.6. The number of imide groups is 1. The molecule has 2 amide bonds. The second-order valence-electron chi connectivity index (χ2n) is 11.6. The normalized spacial score (nSPS) is 16.9. The first-order chi connectivity index (χ1) is 16.2. The van der Waals surface area contributed by atoms with Crippen LogP contribution in [0.1, 0.15) is 74.8 Å². The molecule has 0 saturated carbocycles. The summed E-state index contributed by atoms with van der Waals surface area (Å²) in [4.78, 5) is 38.1. The van der Waals surface area contributed by atoms with Gasteiger partial charge >= 0.3 is 25.0 Å². The van der Waals surface area contributed by atoms with Gasteiger partial charge in [0.25, 0.3) is 0 Å². The van der Waals surface area contributed by atoms with Gasteiger partial charge in [-0.25, -0.2) is 14.5 Å². The van der Waals surface area contributed by atoms with Gasteiger partial charge in [-0.2, -0.15) is 0 Å². The van der Waals surface area contributed by atoms with Gasteiger partial charge in [-0.05, 0) is 69.2 Å². The van der Waals surface area contributed by atoms with Crippen molar-refractivity contribution >= 4 is 30.5 Å². The zero-order valence-electron chi connectivity index (χ0n) is 23.0. The number of nitrogens with zero attached hydrogens (tertiary/aromatic N) is 2. The molecule has 11 nitrogen and oxygen atoms in total. The summed E-state index contributed by atoms with van der Waals surface area (Å²) in [6.45, 7) is 16.8. The van der Waals surface area contributed by atoms with Crippen LogP contribution in [0.15, 0.2) is 12.1 Å². The van der Waals surface area contributed by atoms with Crippen LogP contribution in [0.5, 0.6) is 5.75 Å². The highest BCUT2D eigenvalue weighted by molar-refractivity contribution is 6.63. The van der Waals surface area contributed by atoms with E-state index >= 15 is 0 Å². The fraction of sp³-hybridized carbons (Fsp3) is 0.667. The van der Waals surface area contributed by atoms with Gasteiger partial charge in [0.05, 0.1) is 35.3 Å². The highest BCUT2D eigenvalue weighted by Crippen LogP contribution is 2.39. The minimum Gasteiger partial charge on any atom is -0.490 e. The van der Waals surface area contributed by atoms with Crippen LogP contribution in [-0.4, -0.2) is 58.6 Å². The molecular weight excluding hydrogens is 471 g/mol. The van der Waals surface area contributed by atoms with Crippen LogP contribution in [0.4, 0.5) is 15.3 Å². The van der Waals surface area contributed by atoms with E-state index in [1.165, 1.54) is 13.2 Å². The molecule has 1 aromatic carbocycles. The molecule has 0 aliphatic carbocycles. The molecule has 0 unspecified atom stereocenters. The number of ether oxygens (including phenoxy) is 3. The fourth-order valence-electron chi connectivity index (χ4n) is 3.33. The summed E-state index contributed by atoms with van der Waals surface area (Å²) < 4.78 is 28.3. The minimum absolute atomic E-state index is 0.0360. The minimum atomic E-state index is -1.000. The lowest BCUT2D eigenvalue weighted by atomic mass is 9.77. The second kappa shape index (κ2) is 9.89. The average Bonchev–Trinajstić information content (AvgIpc) is 2.89. The molecule has 1 aromatic rings. The van der Waals surface area contributed by atoms with Crippen molar-refractivity contribution in [2.24, 2.45) is 0 Å². The third-order valence-corrected chi connectivity index (χ3v) is 5.70. The van der Waals surface area contributed by atoms with Crippen molar-refractivity contribution in [3.8, 4) is 5.75 Å². The van der Waals surface area contributed by atoms with Gasteiger partial charge in [-0.3, -0.25) is 10.1 Å². The van der Waals surface area contributed by atoms with E-state index in [-0.39, 0.29) is 11.3 Å². The van der Waals surface area contributed by atoms with Crippen molar-refractivity contribution in [2.75, 3.05) is 7.11 Å². The molecular formula is C24H37BN2O9. The van der Waals surface area contributed by atoms with Crippen LogP contribution < -0.4 is 10.2 Å². The van der Waals surface area contributed by atoms with Gasteiger partial charge in [0.1, 0.15) is 11.2 Å². The lowest BCUT2D eigenvalue weighted by molar-refractivity contribution is -0.386. The largest absolute Gasteiger partial charge is 0.498 e. The Morgan fingerprint density at radius 3 is 1.78 bits per heavy atom. The van der Waals surface area contributed by atoms with Gasteiger partial charge in [-0.1, -0.05) is 12.1 Å². The lowest BCUT2D eigenvalue weighted by Crippen LogP contribution is -2.43. The van der Waals surface area contributed by atoms with Crippen molar-refractivity contribution in [1.82, 2.24) is 4.90 Å². The predicted molar refractivity (Wildman–Crippen MR) is 133 cm³/mol. The average molecular weight is 508 g/mol. The van der Waals surface area contributed by atoms with Gasteiger partial charge < -0.3 is 23.5 Å². The number of amides is 2. The Bertz CT molecular complexity index is 982. The summed E-state index contributed by atoms with van der Waals surface area (Å²) >= 11 is 0. The van der Waals surface area contributed by atoms with E-state index in [0.29, 0.717) is 10.4 Å². The summed E-state index contributed by atoms with van der Waals surface area (Å²) in [5, 5.41) is 12.2. The maximum absolute atomic E-state index is 12.9. The molecule has 0 bridgehead atoms. The van der Waals surface area contributed by atoms with Crippen molar-refractivity contribution in [3.05, 3.63) is 27.8 Å². The van der Waals surface area contributed by atoms with Gasteiger partial charge in [0.2, 0.25) is 0 Å². The molecule has 0 radical (unpaired) electrons. The van der Waals surface area contributed by atoms with Gasteiger partial charge in [-0.15, -0.1) is 0 Å². The molecule has 0 atom stereocenters. The monoisotopic (exact) mass is 508 g/mol. The smallest absolute Gasteiger partial charge is 0.490 e. The summed E-state index contributed by atoms with van der Waals surface area (Å²) in [6, 6.07) is 2.99. The van der Waals surface area contributed by atoms with E-state index in [4.69, 9.17) is 23.5 Å². The summed E-state index contributed by atoms with van der Waals surface area (Å²) in [5.74, 6) is -0.0932. The molecule has 2 rings (SSSR count). The van der Waals surface area contributed by atoms with E-state index in [0.717, 1.165) is 0 Å². The number of methoxy groups -OCH3 is 1. The zero-order valence-corrected chi connectivity index (χ0v) is 23.0. The molecule has 0 aromatic heterocycles. The number of benzene rings is 1. The highest BCUT2D eigenvalue weighted by atomic mass is 16.7. The van der Waals surface area contributed by atoms with Crippen LogP contribution in [-0.2, 0) is 25.3 Å². The first-order valence-corrected chi connectivity index (χ1v) is 11.6. The Labute approximate surface area is 212 Å². The lowest BCUT2D eigenvalue weighted by Gasteiger charge is -2.32. The Hall–Kier alpha value is -2.86. The Morgan fingerprint density at radius 1 is 0.972 bits per heavy atom. The van der Waals surface area contributed by atoms with E-state index in [1.54, 1.807) is 47.6 Å². The predicted octanol–water partition coefficient (Wildman–Crippen LogP) is 4.57. The third kappa shape index (κ3) is 6.67. The molecule has 1 heterocycles. The number of hydrogen-bond acceptors (Lipinski definition) is 9. The van der Waals surface area contributed by atoms with Crippen molar-refractivity contribution in [3.63, 3.8) is 0 Å². The molecule has 1 fully saturated rings. The molecule has 1 aliphatic rings. The third-order valence-electron chi connectivity index (χ3n) is 5.70. The van der Waals surface area contributed by atoms with E-state index in [9.17, 15) is 19.7 Å². The van der Waals surface area contributed by atoms with Crippen molar-refractivity contribution in [2.45, 2.75) is 98.2 Å². The molecule has 200 valence electrons. The van der Waals surface area contributed by atoms with E-state index < -0.39 is 58.9 Å². The van der Waals surface area contributed by atoms with Gasteiger partial charge in [0.15, 0.2) is 5.75 Å².